The number of hydrogen-bond donors (Lipinski definition) is 2. The van der Waals surface area contributed by atoms with Crippen LogP contribution in [0, 0.1) is 5.92 Å². The fourth-order valence-corrected chi connectivity index (χ4v) is 2.37. The first-order valence-corrected chi connectivity index (χ1v) is 6.39. The van der Waals surface area contributed by atoms with Gasteiger partial charge in [-0.2, -0.15) is 0 Å². The summed E-state index contributed by atoms with van der Waals surface area (Å²) in [4.78, 5) is 0. The third-order valence-corrected chi connectivity index (χ3v) is 3.52. The van der Waals surface area contributed by atoms with Crippen LogP contribution in [0.4, 0.5) is 5.69 Å². The number of halogens is 1. The first-order chi connectivity index (χ1) is 8.20. The van der Waals surface area contributed by atoms with Crippen molar-refractivity contribution in [3.05, 3.63) is 23.2 Å². The van der Waals surface area contributed by atoms with Crippen molar-refractivity contribution in [2.45, 2.75) is 19.4 Å². The van der Waals surface area contributed by atoms with E-state index in [1.54, 1.807) is 7.11 Å². The molecule has 0 aromatic heterocycles. The van der Waals surface area contributed by atoms with Crippen LogP contribution < -0.4 is 15.4 Å². The lowest BCUT2D eigenvalue weighted by atomic mass is 9.95. The number of piperidine rings is 1. The Bertz CT molecular complexity index is 384. The molecule has 1 heterocycles. The van der Waals surface area contributed by atoms with Gasteiger partial charge >= 0.3 is 0 Å². The Kier molecular flexibility index (Phi) is 4.13. The average molecular weight is 255 g/mol. The van der Waals surface area contributed by atoms with Gasteiger partial charge in [-0.3, -0.25) is 0 Å². The smallest absolute Gasteiger partial charge is 0.143 e. The predicted molar refractivity (Wildman–Crippen MR) is 72.1 cm³/mol. The van der Waals surface area contributed by atoms with Gasteiger partial charge in [0.15, 0.2) is 0 Å². The summed E-state index contributed by atoms with van der Waals surface area (Å²) in [6.07, 6.45) is 1.13. The van der Waals surface area contributed by atoms with E-state index in [0.717, 1.165) is 30.9 Å². The molecule has 0 amide bonds. The van der Waals surface area contributed by atoms with E-state index in [9.17, 15) is 0 Å². The first-order valence-electron chi connectivity index (χ1n) is 6.01. The topological polar surface area (TPSA) is 33.3 Å². The monoisotopic (exact) mass is 254 g/mol. The van der Waals surface area contributed by atoms with Crippen LogP contribution in [0.5, 0.6) is 5.75 Å². The van der Waals surface area contributed by atoms with Crippen LogP contribution >= 0.6 is 11.6 Å². The predicted octanol–water partition coefficient (Wildman–Crippen LogP) is 2.76. The molecule has 1 aliphatic rings. The van der Waals surface area contributed by atoms with Gasteiger partial charge in [0.05, 0.1) is 12.8 Å². The minimum absolute atomic E-state index is 0.492. The quantitative estimate of drug-likeness (QED) is 0.870. The second-order valence-corrected chi connectivity index (χ2v) is 5.00. The molecular formula is C13H19ClN2O. The fraction of sp³-hybridized carbons (Fsp3) is 0.538. The molecule has 0 aliphatic carbocycles. The molecule has 2 rings (SSSR count). The molecule has 0 radical (unpaired) electrons. The normalized spacial score (nSPS) is 24.4. The molecule has 0 saturated carbocycles. The minimum atomic E-state index is 0.492. The molecule has 2 atom stereocenters. The summed E-state index contributed by atoms with van der Waals surface area (Å²) in [5.74, 6) is 1.42. The summed E-state index contributed by atoms with van der Waals surface area (Å²) in [5.41, 5.74) is 1.02. The van der Waals surface area contributed by atoms with Gasteiger partial charge in [-0.05, 0) is 37.6 Å². The van der Waals surface area contributed by atoms with Gasteiger partial charge in [-0.15, -0.1) is 0 Å². The van der Waals surface area contributed by atoms with Gasteiger partial charge in [0.1, 0.15) is 5.75 Å². The maximum Gasteiger partial charge on any atom is 0.143 e. The van der Waals surface area contributed by atoms with E-state index in [-0.39, 0.29) is 0 Å². The number of benzene rings is 1. The highest BCUT2D eigenvalue weighted by Gasteiger charge is 2.21. The third kappa shape index (κ3) is 3.05. The molecule has 3 nitrogen and oxygen atoms in total. The van der Waals surface area contributed by atoms with Crippen molar-refractivity contribution in [1.82, 2.24) is 5.32 Å². The maximum atomic E-state index is 5.95. The molecular weight excluding hydrogens is 236 g/mol. The zero-order valence-electron chi connectivity index (χ0n) is 10.3. The lowest BCUT2D eigenvalue weighted by Crippen LogP contribution is -2.42. The van der Waals surface area contributed by atoms with Crippen molar-refractivity contribution in [1.29, 1.82) is 0 Å². The van der Waals surface area contributed by atoms with E-state index in [4.69, 9.17) is 16.3 Å². The maximum absolute atomic E-state index is 5.95. The van der Waals surface area contributed by atoms with Crippen molar-refractivity contribution in [2.75, 3.05) is 25.5 Å². The summed E-state index contributed by atoms with van der Waals surface area (Å²) >= 11 is 5.95. The zero-order chi connectivity index (χ0) is 12.3. The van der Waals surface area contributed by atoms with E-state index < -0.39 is 0 Å². The summed E-state index contributed by atoms with van der Waals surface area (Å²) in [5, 5.41) is 7.65. The number of nitrogens with one attached hydrogen (secondary N) is 2. The Morgan fingerprint density at radius 2 is 2.29 bits per heavy atom. The van der Waals surface area contributed by atoms with Gasteiger partial charge in [-0.1, -0.05) is 18.5 Å². The highest BCUT2D eigenvalue weighted by Crippen LogP contribution is 2.29. The number of anilines is 1. The molecule has 0 spiro atoms. The summed E-state index contributed by atoms with van der Waals surface area (Å²) in [6, 6.07) is 6.20. The Morgan fingerprint density at radius 1 is 1.47 bits per heavy atom. The average Bonchev–Trinajstić information content (AvgIpc) is 2.34. The Labute approximate surface area is 107 Å². The SMILES string of the molecule is COc1cc(Cl)ccc1N[C@H]1CCNC[C@H]1C. The number of ether oxygens (including phenoxy) is 1. The Hall–Kier alpha value is -0.930. The van der Waals surface area contributed by atoms with Crippen molar-refractivity contribution < 1.29 is 4.74 Å². The van der Waals surface area contributed by atoms with Crippen LogP contribution in [0.1, 0.15) is 13.3 Å². The molecule has 17 heavy (non-hydrogen) atoms. The van der Waals surface area contributed by atoms with Crippen LogP contribution in [0.2, 0.25) is 5.02 Å². The minimum Gasteiger partial charge on any atom is -0.495 e. The van der Waals surface area contributed by atoms with Gasteiger partial charge in [0, 0.05) is 17.1 Å². The standard InChI is InChI=1S/C13H19ClN2O/c1-9-8-15-6-5-11(9)16-12-4-3-10(14)7-13(12)17-2/h3-4,7,9,11,15-16H,5-6,8H2,1-2H3/t9-,11+/m1/s1. The Morgan fingerprint density at radius 3 is 3.00 bits per heavy atom. The summed E-state index contributed by atoms with van der Waals surface area (Å²) < 4.78 is 5.34. The second kappa shape index (κ2) is 5.61. The largest absolute Gasteiger partial charge is 0.495 e. The van der Waals surface area contributed by atoms with E-state index in [0.29, 0.717) is 17.0 Å². The van der Waals surface area contributed by atoms with Gasteiger partial charge in [0.25, 0.3) is 0 Å². The Balaban J connectivity index is 2.11. The molecule has 2 N–H and O–H groups in total. The number of hydrogen-bond acceptors (Lipinski definition) is 3. The van der Waals surface area contributed by atoms with Crippen molar-refractivity contribution >= 4 is 17.3 Å². The van der Waals surface area contributed by atoms with Crippen molar-refractivity contribution in [3.63, 3.8) is 0 Å². The second-order valence-electron chi connectivity index (χ2n) is 4.57. The molecule has 1 aromatic carbocycles. The first kappa shape index (κ1) is 12.5. The number of methoxy groups -OCH3 is 1. The molecule has 1 fully saturated rings. The zero-order valence-corrected chi connectivity index (χ0v) is 11.1. The van der Waals surface area contributed by atoms with Crippen LogP contribution in [0.15, 0.2) is 18.2 Å². The molecule has 0 unspecified atom stereocenters. The van der Waals surface area contributed by atoms with Crippen LogP contribution in [-0.2, 0) is 0 Å². The van der Waals surface area contributed by atoms with Gasteiger partial charge in [0.2, 0.25) is 0 Å². The van der Waals surface area contributed by atoms with Crippen molar-refractivity contribution in [2.24, 2.45) is 5.92 Å². The molecule has 94 valence electrons. The fourth-order valence-electron chi connectivity index (χ4n) is 2.21. The molecule has 1 aliphatic heterocycles. The van der Waals surface area contributed by atoms with Gasteiger partial charge in [-0.25, -0.2) is 0 Å². The third-order valence-electron chi connectivity index (χ3n) is 3.29. The van der Waals surface area contributed by atoms with Gasteiger partial charge < -0.3 is 15.4 Å². The van der Waals surface area contributed by atoms with Crippen LogP contribution in [0.25, 0.3) is 0 Å². The van der Waals surface area contributed by atoms with Crippen LogP contribution in [0.3, 0.4) is 0 Å². The lowest BCUT2D eigenvalue weighted by molar-refractivity contribution is 0.365. The lowest BCUT2D eigenvalue weighted by Gasteiger charge is -2.31. The van der Waals surface area contributed by atoms with E-state index in [1.807, 2.05) is 18.2 Å². The highest BCUT2D eigenvalue weighted by atomic mass is 35.5. The molecule has 0 bridgehead atoms. The highest BCUT2D eigenvalue weighted by molar-refractivity contribution is 6.30. The van der Waals surface area contributed by atoms with Crippen LogP contribution in [-0.4, -0.2) is 26.2 Å². The molecule has 4 heteroatoms. The van der Waals surface area contributed by atoms with E-state index in [2.05, 4.69) is 17.6 Å². The van der Waals surface area contributed by atoms with Crippen molar-refractivity contribution in [3.8, 4) is 5.75 Å². The molecule has 1 saturated heterocycles. The van der Waals surface area contributed by atoms with E-state index in [1.165, 1.54) is 0 Å². The molecule has 1 aromatic rings. The summed E-state index contributed by atoms with van der Waals surface area (Å²) in [7, 11) is 1.67. The van der Waals surface area contributed by atoms with E-state index >= 15 is 0 Å². The summed E-state index contributed by atoms with van der Waals surface area (Å²) in [6.45, 7) is 4.39. The number of rotatable bonds is 3.